The van der Waals surface area contributed by atoms with E-state index >= 15 is 0 Å². The maximum absolute atomic E-state index is 10.4. The van der Waals surface area contributed by atoms with Crippen molar-refractivity contribution in [1.29, 1.82) is 0 Å². The zero-order valence-electron chi connectivity index (χ0n) is 13.9. The Morgan fingerprint density at radius 3 is 2.71 bits per heavy atom. The summed E-state index contributed by atoms with van der Waals surface area (Å²) in [4.78, 5) is 6.68. The number of aliphatic hydroxyl groups excluding tert-OH is 1. The van der Waals surface area contributed by atoms with Crippen LogP contribution in [0.3, 0.4) is 0 Å². The van der Waals surface area contributed by atoms with Gasteiger partial charge in [-0.25, -0.2) is 0 Å². The molecule has 1 aromatic heterocycles. The molecule has 3 nitrogen and oxygen atoms in total. The summed E-state index contributed by atoms with van der Waals surface area (Å²) in [6.07, 6.45) is 5.99. The Bertz CT molecular complexity index is 432. The second kappa shape index (κ2) is 6.89. The van der Waals surface area contributed by atoms with E-state index < -0.39 is 0 Å². The molecular formula is C18H30N2O. The quantitative estimate of drug-likeness (QED) is 0.902. The van der Waals surface area contributed by atoms with Gasteiger partial charge in [-0.05, 0) is 49.8 Å². The van der Waals surface area contributed by atoms with Crippen molar-refractivity contribution in [3.05, 3.63) is 30.1 Å². The number of rotatable bonds is 5. The topological polar surface area (TPSA) is 36.4 Å². The highest BCUT2D eigenvalue weighted by Gasteiger charge is 2.38. The molecule has 0 radical (unpaired) electrons. The van der Waals surface area contributed by atoms with Gasteiger partial charge in [-0.2, -0.15) is 0 Å². The minimum atomic E-state index is -0.206. The Balaban J connectivity index is 2.02. The smallest absolute Gasteiger partial charge is 0.0695 e. The molecular weight excluding hydrogens is 260 g/mol. The molecule has 118 valence electrons. The fourth-order valence-corrected chi connectivity index (χ4v) is 3.47. The van der Waals surface area contributed by atoms with Crippen molar-refractivity contribution in [2.45, 2.75) is 65.1 Å². The minimum absolute atomic E-state index is 0.206. The van der Waals surface area contributed by atoms with Crippen LogP contribution in [0.5, 0.6) is 0 Å². The van der Waals surface area contributed by atoms with Gasteiger partial charge in [-0.3, -0.25) is 9.88 Å². The van der Waals surface area contributed by atoms with Crippen molar-refractivity contribution >= 4 is 0 Å². The summed E-state index contributed by atoms with van der Waals surface area (Å²) >= 11 is 0. The molecule has 1 aliphatic rings. The number of hydrogen-bond donors (Lipinski definition) is 1. The SMILES string of the molecule is CCC(C)(C)C1CCC(O)C(N(C)Cc2ccccn2)C1. The maximum Gasteiger partial charge on any atom is 0.0695 e. The third-order valence-corrected chi connectivity index (χ3v) is 5.50. The van der Waals surface area contributed by atoms with Gasteiger partial charge in [0.25, 0.3) is 0 Å². The molecule has 0 saturated heterocycles. The van der Waals surface area contributed by atoms with Crippen molar-refractivity contribution in [1.82, 2.24) is 9.88 Å². The van der Waals surface area contributed by atoms with Crippen LogP contribution in [0.1, 0.15) is 52.1 Å². The molecule has 3 atom stereocenters. The third kappa shape index (κ3) is 4.04. The van der Waals surface area contributed by atoms with Crippen LogP contribution >= 0.6 is 0 Å². The van der Waals surface area contributed by atoms with Gasteiger partial charge in [0.05, 0.1) is 11.8 Å². The van der Waals surface area contributed by atoms with Gasteiger partial charge in [0.2, 0.25) is 0 Å². The van der Waals surface area contributed by atoms with Crippen LogP contribution in [0.2, 0.25) is 0 Å². The average molecular weight is 290 g/mol. The number of nitrogens with zero attached hydrogens (tertiary/aromatic N) is 2. The number of pyridine rings is 1. The second-order valence-electron chi connectivity index (χ2n) is 7.22. The molecule has 0 aromatic carbocycles. The number of aliphatic hydroxyl groups is 1. The first-order valence-corrected chi connectivity index (χ1v) is 8.22. The summed E-state index contributed by atoms with van der Waals surface area (Å²) in [7, 11) is 2.11. The Labute approximate surface area is 129 Å². The molecule has 0 spiro atoms. The minimum Gasteiger partial charge on any atom is -0.391 e. The van der Waals surface area contributed by atoms with E-state index in [1.807, 2.05) is 18.3 Å². The van der Waals surface area contributed by atoms with Crippen LogP contribution in [-0.4, -0.2) is 34.2 Å². The molecule has 21 heavy (non-hydrogen) atoms. The van der Waals surface area contributed by atoms with E-state index in [1.165, 1.54) is 6.42 Å². The highest BCUT2D eigenvalue weighted by molar-refractivity contribution is 5.04. The molecule has 0 amide bonds. The largest absolute Gasteiger partial charge is 0.391 e. The van der Waals surface area contributed by atoms with E-state index in [0.29, 0.717) is 11.3 Å². The number of hydrogen-bond acceptors (Lipinski definition) is 3. The van der Waals surface area contributed by atoms with Crippen LogP contribution in [-0.2, 0) is 6.54 Å². The summed E-state index contributed by atoms with van der Waals surface area (Å²) in [6, 6.07) is 6.27. The van der Waals surface area contributed by atoms with Crippen molar-refractivity contribution in [3.8, 4) is 0 Å². The van der Waals surface area contributed by atoms with Gasteiger partial charge in [0.15, 0.2) is 0 Å². The van der Waals surface area contributed by atoms with Gasteiger partial charge in [-0.1, -0.05) is 33.3 Å². The molecule has 1 heterocycles. The van der Waals surface area contributed by atoms with Gasteiger partial charge in [0, 0.05) is 18.8 Å². The Morgan fingerprint density at radius 1 is 1.33 bits per heavy atom. The fraction of sp³-hybridized carbons (Fsp3) is 0.722. The molecule has 1 fully saturated rings. The predicted molar refractivity (Wildman–Crippen MR) is 86.9 cm³/mol. The van der Waals surface area contributed by atoms with Crippen LogP contribution in [0, 0.1) is 11.3 Å². The molecule has 0 bridgehead atoms. The molecule has 1 aromatic rings. The summed E-state index contributed by atoms with van der Waals surface area (Å²) in [5, 5.41) is 10.4. The summed E-state index contributed by atoms with van der Waals surface area (Å²) in [5.74, 6) is 0.696. The number of aromatic nitrogens is 1. The zero-order valence-corrected chi connectivity index (χ0v) is 13.9. The first-order chi connectivity index (χ1) is 9.94. The third-order valence-electron chi connectivity index (χ3n) is 5.50. The molecule has 1 N–H and O–H groups in total. The lowest BCUT2D eigenvalue weighted by Crippen LogP contribution is -2.47. The molecule has 1 saturated carbocycles. The van der Waals surface area contributed by atoms with Crippen molar-refractivity contribution < 1.29 is 5.11 Å². The molecule has 1 aliphatic carbocycles. The van der Waals surface area contributed by atoms with Crippen molar-refractivity contribution in [3.63, 3.8) is 0 Å². The first kappa shape index (κ1) is 16.4. The van der Waals surface area contributed by atoms with Gasteiger partial charge in [-0.15, -0.1) is 0 Å². The van der Waals surface area contributed by atoms with E-state index in [-0.39, 0.29) is 12.1 Å². The fourth-order valence-electron chi connectivity index (χ4n) is 3.47. The molecule has 3 unspecified atom stereocenters. The van der Waals surface area contributed by atoms with Crippen molar-refractivity contribution in [2.24, 2.45) is 11.3 Å². The van der Waals surface area contributed by atoms with Crippen LogP contribution in [0.15, 0.2) is 24.4 Å². The monoisotopic (exact) mass is 290 g/mol. The van der Waals surface area contributed by atoms with Gasteiger partial charge < -0.3 is 5.11 Å². The van der Waals surface area contributed by atoms with Crippen molar-refractivity contribution in [2.75, 3.05) is 7.05 Å². The molecule has 3 heteroatoms. The molecule has 2 rings (SSSR count). The van der Waals surface area contributed by atoms with Crippen LogP contribution < -0.4 is 0 Å². The normalized spacial score (nSPS) is 27.0. The maximum atomic E-state index is 10.4. The second-order valence-corrected chi connectivity index (χ2v) is 7.22. The predicted octanol–water partition coefficient (Wildman–Crippen LogP) is 3.48. The van der Waals surface area contributed by atoms with E-state index in [0.717, 1.165) is 31.5 Å². The number of likely N-dealkylation sites (N-methyl/N-ethyl adjacent to an activating group) is 1. The van der Waals surface area contributed by atoms with E-state index in [1.54, 1.807) is 0 Å². The lowest BCUT2D eigenvalue weighted by molar-refractivity contribution is -0.0148. The van der Waals surface area contributed by atoms with E-state index in [2.05, 4.69) is 43.8 Å². The zero-order chi connectivity index (χ0) is 15.5. The lowest BCUT2D eigenvalue weighted by atomic mass is 9.67. The van der Waals surface area contributed by atoms with Gasteiger partial charge in [0.1, 0.15) is 0 Å². The summed E-state index contributed by atoms with van der Waals surface area (Å²) in [6.45, 7) is 7.82. The highest BCUT2D eigenvalue weighted by atomic mass is 16.3. The summed E-state index contributed by atoms with van der Waals surface area (Å²) in [5.41, 5.74) is 1.44. The first-order valence-electron chi connectivity index (χ1n) is 8.22. The standard InChI is InChI=1S/C18H30N2O/c1-5-18(2,3)14-9-10-17(21)16(12-14)20(4)13-15-8-6-7-11-19-15/h6-8,11,14,16-17,21H,5,9-10,12-13H2,1-4H3. The van der Waals surface area contributed by atoms with E-state index in [9.17, 15) is 5.11 Å². The van der Waals surface area contributed by atoms with E-state index in [4.69, 9.17) is 0 Å². The van der Waals surface area contributed by atoms with Gasteiger partial charge >= 0.3 is 0 Å². The highest BCUT2D eigenvalue weighted by Crippen LogP contribution is 2.41. The Hall–Kier alpha value is -0.930. The Kier molecular flexibility index (Phi) is 5.39. The Morgan fingerprint density at radius 2 is 2.10 bits per heavy atom. The van der Waals surface area contributed by atoms with Crippen LogP contribution in [0.25, 0.3) is 0 Å². The summed E-state index contributed by atoms with van der Waals surface area (Å²) < 4.78 is 0. The average Bonchev–Trinajstić information content (AvgIpc) is 2.48. The lowest BCUT2D eigenvalue weighted by Gasteiger charge is -2.44. The molecule has 0 aliphatic heterocycles. The van der Waals surface area contributed by atoms with Crippen LogP contribution in [0.4, 0.5) is 0 Å².